The predicted molar refractivity (Wildman–Crippen MR) is 123 cm³/mol. The van der Waals surface area contributed by atoms with Crippen molar-refractivity contribution < 1.29 is 29.3 Å². The number of carbonyl (C=O) groups excluding carboxylic acids is 2. The van der Waals surface area contributed by atoms with Crippen molar-refractivity contribution in [1.82, 2.24) is 0 Å². The van der Waals surface area contributed by atoms with Crippen molar-refractivity contribution in [2.75, 3.05) is 13.2 Å². The summed E-state index contributed by atoms with van der Waals surface area (Å²) in [6, 6.07) is 0. The number of rotatable bonds is 18. The molecule has 2 atom stereocenters. The maximum Gasteiger partial charge on any atom is 0.305 e. The Labute approximate surface area is 187 Å². The topological polar surface area (TPSA) is 93.1 Å². The van der Waals surface area contributed by atoms with Gasteiger partial charge >= 0.3 is 11.9 Å². The fourth-order valence-electron chi connectivity index (χ4n) is 2.47. The van der Waals surface area contributed by atoms with E-state index >= 15 is 0 Å². The molecule has 0 aliphatic rings. The van der Waals surface area contributed by atoms with Gasteiger partial charge in [-0.25, -0.2) is 0 Å². The van der Waals surface area contributed by atoms with Crippen molar-refractivity contribution in [2.24, 2.45) is 0 Å². The quantitative estimate of drug-likeness (QED) is 0.141. The van der Waals surface area contributed by atoms with Crippen LogP contribution in [0.4, 0.5) is 0 Å². The molecule has 2 N–H and O–H groups in total. The van der Waals surface area contributed by atoms with Gasteiger partial charge in [-0.3, -0.25) is 9.59 Å². The monoisotopic (exact) mass is 436 g/mol. The van der Waals surface area contributed by atoms with Crippen molar-refractivity contribution >= 4 is 11.9 Å². The van der Waals surface area contributed by atoms with Crippen molar-refractivity contribution in [3.63, 3.8) is 0 Å². The summed E-state index contributed by atoms with van der Waals surface area (Å²) < 4.78 is 9.55. The highest BCUT2D eigenvalue weighted by Gasteiger charge is 2.09. The molecule has 0 fully saturated rings. The van der Waals surface area contributed by atoms with Crippen LogP contribution in [0.25, 0.3) is 0 Å². The molecule has 176 valence electrons. The van der Waals surface area contributed by atoms with E-state index < -0.39 is 18.2 Å². The fourth-order valence-corrected chi connectivity index (χ4v) is 2.47. The second-order valence-corrected chi connectivity index (χ2v) is 7.32. The van der Waals surface area contributed by atoms with Crippen LogP contribution in [0, 0.1) is 0 Å². The van der Waals surface area contributed by atoms with Crippen molar-refractivity contribution in [3.8, 4) is 0 Å². The average Bonchev–Trinajstić information content (AvgIpc) is 2.74. The predicted octanol–water partition coefficient (Wildman–Crippen LogP) is 4.57. The third-order valence-corrected chi connectivity index (χ3v) is 4.21. The zero-order valence-electron chi connectivity index (χ0n) is 19.1. The van der Waals surface area contributed by atoms with Gasteiger partial charge in [0, 0.05) is 13.3 Å². The molecule has 0 amide bonds. The normalized spacial score (nSPS) is 14.1. The Morgan fingerprint density at radius 2 is 1.58 bits per heavy atom. The van der Waals surface area contributed by atoms with Crippen molar-refractivity contribution in [1.29, 1.82) is 0 Å². The maximum absolute atomic E-state index is 11.6. The summed E-state index contributed by atoms with van der Waals surface area (Å²) in [7, 11) is 0. The molecule has 0 aliphatic carbocycles. The summed E-state index contributed by atoms with van der Waals surface area (Å²) in [6.07, 6.45) is 22.2. The molecule has 0 aromatic heterocycles. The first kappa shape index (κ1) is 28.8. The zero-order valence-corrected chi connectivity index (χ0v) is 19.1. The smallest absolute Gasteiger partial charge is 0.305 e. The van der Waals surface area contributed by atoms with Crippen LogP contribution in [0.2, 0.25) is 0 Å². The molecule has 0 radical (unpaired) electrons. The van der Waals surface area contributed by atoms with E-state index in [-0.39, 0.29) is 25.6 Å². The summed E-state index contributed by atoms with van der Waals surface area (Å²) in [5.74, 6) is -0.865. The van der Waals surface area contributed by atoms with Crippen LogP contribution in [0.15, 0.2) is 48.6 Å². The lowest BCUT2D eigenvalue weighted by Gasteiger charge is -2.10. The Kier molecular flexibility index (Phi) is 19.6. The van der Waals surface area contributed by atoms with Crippen molar-refractivity contribution in [3.05, 3.63) is 48.6 Å². The van der Waals surface area contributed by atoms with E-state index in [1.54, 1.807) is 6.08 Å². The van der Waals surface area contributed by atoms with Gasteiger partial charge in [0.2, 0.25) is 0 Å². The highest BCUT2D eigenvalue weighted by molar-refractivity contribution is 5.69. The largest absolute Gasteiger partial charge is 0.463 e. The molecule has 0 saturated carbocycles. The number of unbranched alkanes of at least 4 members (excludes halogenated alkanes) is 4. The fraction of sp³-hybridized carbons (Fsp3) is 0.600. The summed E-state index contributed by atoms with van der Waals surface area (Å²) in [5.41, 5.74) is 0. The Balaban J connectivity index is 3.70. The number of aliphatic hydroxyl groups is 2. The summed E-state index contributed by atoms with van der Waals surface area (Å²) in [5, 5.41) is 19.3. The molecular weight excluding hydrogens is 396 g/mol. The number of ether oxygens (including phenoxy) is 2. The molecule has 0 unspecified atom stereocenters. The van der Waals surface area contributed by atoms with E-state index in [2.05, 4.69) is 17.7 Å². The molecule has 31 heavy (non-hydrogen) atoms. The number of carbonyl (C=O) groups is 2. The maximum atomic E-state index is 11.6. The van der Waals surface area contributed by atoms with Gasteiger partial charge in [0.25, 0.3) is 0 Å². The molecule has 0 aliphatic heterocycles. The Morgan fingerprint density at radius 3 is 2.32 bits per heavy atom. The summed E-state index contributed by atoms with van der Waals surface area (Å²) >= 11 is 0. The van der Waals surface area contributed by atoms with Gasteiger partial charge in [-0.05, 0) is 38.5 Å². The van der Waals surface area contributed by atoms with Crippen LogP contribution in [0.3, 0.4) is 0 Å². The van der Waals surface area contributed by atoms with Crippen LogP contribution < -0.4 is 0 Å². The van der Waals surface area contributed by atoms with E-state index in [4.69, 9.17) is 4.74 Å². The third kappa shape index (κ3) is 22.3. The average molecular weight is 437 g/mol. The van der Waals surface area contributed by atoms with Gasteiger partial charge < -0.3 is 19.7 Å². The van der Waals surface area contributed by atoms with E-state index in [1.807, 2.05) is 36.5 Å². The van der Waals surface area contributed by atoms with Crippen molar-refractivity contribution in [2.45, 2.75) is 83.8 Å². The van der Waals surface area contributed by atoms with Gasteiger partial charge in [0.05, 0.1) is 6.10 Å². The molecule has 0 saturated heterocycles. The molecule has 0 aromatic carbocycles. The minimum atomic E-state index is -0.998. The number of hydrogen-bond acceptors (Lipinski definition) is 6. The molecule has 0 aromatic rings. The lowest BCUT2D eigenvalue weighted by atomic mass is 10.1. The second kappa shape index (κ2) is 21.1. The second-order valence-electron chi connectivity index (χ2n) is 7.32. The standard InChI is InChI=1S/C25H40O6/c1-3-4-5-6-11-14-17-23(27)18-15-12-9-7-8-10-13-16-19-25(29)31-21-24(28)20-30-22(2)26/h8-12,14-15,18,23-24,27-28H,3-7,13,16-17,19-21H2,1-2H3/b10-8-,12-9-,14-11-,18-15+/t23-,24+/m1/s1. The number of esters is 2. The summed E-state index contributed by atoms with van der Waals surface area (Å²) in [4.78, 5) is 22.2. The van der Waals surface area contributed by atoms with Crippen LogP contribution in [-0.2, 0) is 19.1 Å². The minimum absolute atomic E-state index is 0.176. The first-order chi connectivity index (χ1) is 15.0. The van der Waals surface area contributed by atoms with E-state index in [1.165, 1.54) is 26.2 Å². The SMILES string of the molecule is CCCCC/C=C\C[C@@H](O)/C=C/C=C\C/C=C\CCCC(=O)OC[C@@H](O)COC(C)=O. The highest BCUT2D eigenvalue weighted by Crippen LogP contribution is 2.03. The molecule has 0 heterocycles. The van der Waals surface area contributed by atoms with Gasteiger partial charge in [0.15, 0.2) is 0 Å². The van der Waals surface area contributed by atoms with E-state index in [9.17, 15) is 19.8 Å². The van der Waals surface area contributed by atoms with Gasteiger partial charge in [-0.1, -0.05) is 68.4 Å². The molecular formula is C25H40O6. The molecule has 0 spiro atoms. The van der Waals surface area contributed by atoms with Gasteiger partial charge in [-0.2, -0.15) is 0 Å². The van der Waals surface area contributed by atoms with Crippen LogP contribution in [-0.4, -0.2) is 47.6 Å². The number of hydrogen-bond donors (Lipinski definition) is 2. The number of allylic oxidation sites excluding steroid dienone is 6. The Bertz CT molecular complexity index is 577. The van der Waals surface area contributed by atoms with Crippen LogP contribution >= 0.6 is 0 Å². The zero-order chi connectivity index (χ0) is 23.2. The lowest BCUT2D eigenvalue weighted by Crippen LogP contribution is -2.24. The lowest BCUT2D eigenvalue weighted by molar-refractivity contribution is -0.151. The molecule has 6 heteroatoms. The van der Waals surface area contributed by atoms with E-state index in [0.29, 0.717) is 12.8 Å². The molecule has 0 rings (SSSR count). The van der Waals surface area contributed by atoms with Crippen LogP contribution in [0.5, 0.6) is 0 Å². The Morgan fingerprint density at radius 1 is 0.871 bits per heavy atom. The molecule has 6 nitrogen and oxygen atoms in total. The molecule has 0 bridgehead atoms. The third-order valence-electron chi connectivity index (χ3n) is 4.21. The first-order valence-corrected chi connectivity index (χ1v) is 11.2. The van der Waals surface area contributed by atoms with Crippen LogP contribution in [0.1, 0.15) is 71.6 Å². The highest BCUT2D eigenvalue weighted by atomic mass is 16.6. The minimum Gasteiger partial charge on any atom is -0.463 e. The van der Waals surface area contributed by atoms with Gasteiger partial charge in [0.1, 0.15) is 19.3 Å². The Hall–Kier alpha value is -2.18. The number of aliphatic hydroxyl groups excluding tert-OH is 2. The summed E-state index contributed by atoms with van der Waals surface area (Å²) in [6.45, 7) is 3.08. The van der Waals surface area contributed by atoms with E-state index in [0.717, 1.165) is 19.3 Å². The van der Waals surface area contributed by atoms with Gasteiger partial charge in [-0.15, -0.1) is 0 Å². The first-order valence-electron chi connectivity index (χ1n) is 11.2.